The fraction of sp³-hybridized carbons (Fsp3) is 0.0545. The number of furan rings is 1. The monoisotopic (exact) mass is 712 g/mol. The van der Waals surface area contributed by atoms with E-state index in [9.17, 15) is 0 Å². The number of hydrogen-bond acceptors (Lipinski definition) is 1. The normalized spacial score (nSPS) is 17.3. The largest absolute Gasteiger partial charge is 0.456 e. The summed E-state index contributed by atoms with van der Waals surface area (Å²) in [5.74, 6) is 0.268. The lowest BCUT2D eigenvalue weighted by atomic mass is 9.61. The van der Waals surface area contributed by atoms with Crippen molar-refractivity contribution < 1.29 is 4.42 Å². The highest BCUT2D eigenvalue weighted by Crippen LogP contribution is 2.61. The van der Waals surface area contributed by atoms with Crippen LogP contribution in [0, 0.1) is 5.92 Å². The summed E-state index contributed by atoms with van der Waals surface area (Å²) in [5, 5.41) is 9.79. The van der Waals surface area contributed by atoms with Gasteiger partial charge in [-0.1, -0.05) is 158 Å². The second-order valence-electron chi connectivity index (χ2n) is 15.6. The first kappa shape index (κ1) is 31.4. The molecule has 1 aromatic heterocycles. The lowest BCUT2D eigenvalue weighted by Gasteiger charge is -2.40. The van der Waals surface area contributed by atoms with Gasteiger partial charge in [0.15, 0.2) is 0 Å². The Morgan fingerprint density at radius 2 is 1.11 bits per heavy atom. The highest BCUT2D eigenvalue weighted by Gasteiger charge is 2.50. The quantitative estimate of drug-likeness (QED) is 0.177. The van der Waals surface area contributed by atoms with E-state index in [4.69, 9.17) is 4.42 Å². The van der Waals surface area contributed by atoms with E-state index in [0.717, 1.165) is 28.4 Å². The second kappa shape index (κ2) is 12.0. The summed E-state index contributed by atoms with van der Waals surface area (Å²) in [6, 6.07) is 65.4. The molecule has 0 saturated heterocycles. The van der Waals surface area contributed by atoms with Crippen LogP contribution in [0.25, 0.3) is 87.6 Å². The van der Waals surface area contributed by atoms with Gasteiger partial charge in [0.2, 0.25) is 0 Å². The van der Waals surface area contributed by atoms with Gasteiger partial charge in [-0.2, -0.15) is 0 Å². The molecule has 10 aromatic rings. The molecule has 0 spiro atoms. The Morgan fingerprint density at radius 3 is 1.95 bits per heavy atom. The van der Waals surface area contributed by atoms with Gasteiger partial charge in [0.25, 0.3) is 0 Å². The smallest absolute Gasteiger partial charge is 0.136 e. The van der Waals surface area contributed by atoms with Gasteiger partial charge in [0.05, 0.1) is 5.41 Å². The predicted molar refractivity (Wildman–Crippen MR) is 235 cm³/mol. The van der Waals surface area contributed by atoms with Crippen LogP contribution in [0.15, 0.2) is 205 Å². The maximum Gasteiger partial charge on any atom is 0.136 e. The van der Waals surface area contributed by atoms with Crippen LogP contribution in [0.2, 0.25) is 0 Å². The van der Waals surface area contributed by atoms with Crippen LogP contribution in [0.4, 0.5) is 0 Å². The second-order valence-corrected chi connectivity index (χ2v) is 15.6. The van der Waals surface area contributed by atoms with Crippen molar-refractivity contribution in [2.75, 3.05) is 0 Å². The van der Waals surface area contributed by atoms with Gasteiger partial charge in [-0.3, -0.25) is 0 Å². The zero-order valence-electron chi connectivity index (χ0n) is 30.7. The molecule has 0 saturated carbocycles. The summed E-state index contributed by atoms with van der Waals surface area (Å²) >= 11 is 0. The van der Waals surface area contributed by atoms with Crippen molar-refractivity contribution in [1.82, 2.24) is 0 Å². The third-order valence-corrected chi connectivity index (χ3v) is 12.7. The van der Waals surface area contributed by atoms with Crippen LogP contribution in [0.5, 0.6) is 0 Å². The Hall–Kier alpha value is -6.96. The first-order chi connectivity index (χ1) is 27.7. The summed E-state index contributed by atoms with van der Waals surface area (Å²) in [4.78, 5) is 0. The number of fused-ring (bicyclic) bond motifs is 10. The topological polar surface area (TPSA) is 13.1 Å². The highest BCUT2D eigenvalue weighted by atomic mass is 16.3. The lowest BCUT2D eigenvalue weighted by Crippen LogP contribution is -2.35. The average molecular weight is 713 g/mol. The van der Waals surface area contributed by atoms with Crippen molar-refractivity contribution in [1.29, 1.82) is 0 Å². The van der Waals surface area contributed by atoms with Gasteiger partial charge >= 0.3 is 0 Å². The minimum absolute atomic E-state index is 0.268. The third-order valence-electron chi connectivity index (χ3n) is 12.7. The van der Waals surface area contributed by atoms with Crippen LogP contribution < -0.4 is 0 Å². The summed E-state index contributed by atoms with van der Waals surface area (Å²) < 4.78 is 6.32. The van der Waals surface area contributed by atoms with Crippen LogP contribution in [0.3, 0.4) is 0 Å². The van der Waals surface area contributed by atoms with Gasteiger partial charge in [0.1, 0.15) is 11.2 Å². The molecule has 2 aliphatic carbocycles. The first-order valence-corrected chi connectivity index (χ1v) is 19.7. The van der Waals surface area contributed by atoms with Crippen molar-refractivity contribution in [3.8, 4) is 33.4 Å². The van der Waals surface area contributed by atoms with Gasteiger partial charge in [-0.25, -0.2) is 0 Å². The van der Waals surface area contributed by atoms with Crippen LogP contribution in [-0.4, -0.2) is 0 Å². The molecule has 12 rings (SSSR count). The van der Waals surface area contributed by atoms with E-state index < -0.39 is 0 Å². The first-order valence-electron chi connectivity index (χ1n) is 19.7. The molecule has 262 valence electrons. The summed E-state index contributed by atoms with van der Waals surface area (Å²) in [6.07, 6.45) is 10.2. The Bertz CT molecular complexity index is 3290. The average Bonchev–Trinajstić information content (AvgIpc) is 3.79. The van der Waals surface area contributed by atoms with Gasteiger partial charge < -0.3 is 4.42 Å². The molecule has 9 aromatic carbocycles. The maximum absolute atomic E-state index is 6.32. The minimum Gasteiger partial charge on any atom is -0.456 e. The van der Waals surface area contributed by atoms with E-state index in [1.165, 1.54) is 82.4 Å². The molecule has 1 heterocycles. The predicted octanol–water partition coefficient (Wildman–Crippen LogP) is 14.8. The van der Waals surface area contributed by atoms with Crippen molar-refractivity contribution >= 4 is 54.3 Å². The Morgan fingerprint density at radius 1 is 0.446 bits per heavy atom. The third kappa shape index (κ3) is 4.49. The van der Waals surface area contributed by atoms with E-state index in [1.807, 2.05) is 0 Å². The van der Waals surface area contributed by atoms with Gasteiger partial charge in [0, 0.05) is 10.8 Å². The molecule has 0 aliphatic heterocycles. The van der Waals surface area contributed by atoms with Crippen molar-refractivity contribution in [2.24, 2.45) is 5.92 Å². The molecule has 1 nitrogen and oxygen atoms in total. The van der Waals surface area contributed by atoms with Crippen molar-refractivity contribution in [3.05, 3.63) is 217 Å². The zero-order chi connectivity index (χ0) is 36.8. The SMILES string of the molecule is C1=CCC(C2(c3ccccc3)c3ccccc3-c3c(-c4ccc5cc(-c6ccc7oc8cc9ccccc9cc8c7c6)ccc5c4)cc4ccccc4c32)C=C1. The standard InChI is InChI=1S/C55H36O/c1-3-16-43(17-4-1)55(44-18-5-2-6-19-44)50-22-12-11-21-46(50)53-47(33-41-15-9-10-20-45(41)54(53)55)42-26-25-37-29-38(23-24-39(37)30-42)40-27-28-51-48(32-40)49-31-35-13-7-8-14-36(35)34-52(49)56-51/h1-18,20-34,44H,19H2. The van der Waals surface area contributed by atoms with Crippen LogP contribution in [-0.2, 0) is 5.41 Å². The molecule has 0 radical (unpaired) electrons. The van der Waals surface area contributed by atoms with Gasteiger partial charge in [-0.15, -0.1) is 0 Å². The van der Waals surface area contributed by atoms with Gasteiger partial charge in [-0.05, 0) is 137 Å². The number of allylic oxidation sites excluding steroid dienone is 4. The fourth-order valence-electron chi connectivity index (χ4n) is 10.2. The number of benzene rings is 9. The number of rotatable bonds is 4. The summed E-state index contributed by atoms with van der Waals surface area (Å²) in [6.45, 7) is 0. The van der Waals surface area contributed by atoms with E-state index in [-0.39, 0.29) is 11.3 Å². The van der Waals surface area contributed by atoms with Crippen LogP contribution in [0.1, 0.15) is 23.1 Å². The summed E-state index contributed by atoms with van der Waals surface area (Å²) in [7, 11) is 0. The molecule has 0 amide bonds. The van der Waals surface area contributed by atoms with Crippen LogP contribution >= 0.6 is 0 Å². The molecular weight excluding hydrogens is 677 g/mol. The maximum atomic E-state index is 6.32. The molecule has 0 bridgehead atoms. The Labute approximate surface area is 325 Å². The zero-order valence-corrected chi connectivity index (χ0v) is 30.7. The molecule has 0 fully saturated rings. The minimum atomic E-state index is -0.343. The lowest BCUT2D eigenvalue weighted by molar-refractivity contribution is 0.460. The highest BCUT2D eigenvalue weighted by molar-refractivity contribution is 6.11. The van der Waals surface area contributed by atoms with E-state index in [1.54, 1.807) is 0 Å². The molecule has 2 unspecified atom stereocenters. The summed E-state index contributed by atoms with van der Waals surface area (Å²) in [5.41, 5.74) is 13.3. The molecule has 1 heteroatoms. The fourth-order valence-corrected chi connectivity index (χ4v) is 10.2. The molecule has 0 N–H and O–H groups in total. The molecule has 56 heavy (non-hydrogen) atoms. The molecule has 2 atom stereocenters. The van der Waals surface area contributed by atoms with E-state index in [0.29, 0.717) is 0 Å². The molecule has 2 aliphatic rings. The van der Waals surface area contributed by atoms with Crippen molar-refractivity contribution in [2.45, 2.75) is 11.8 Å². The number of hydrogen-bond donors (Lipinski definition) is 0. The Kier molecular flexibility index (Phi) is 6.74. The Balaban J connectivity index is 1.04. The molecular formula is C55H36O. The van der Waals surface area contributed by atoms with E-state index in [2.05, 4.69) is 200 Å². The van der Waals surface area contributed by atoms with E-state index >= 15 is 0 Å². The van der Waals surface area contributed by atoms with Crippen molar-refractivity contribution in [3.63, 3.8) is 0 Å².